The van der Waals surface area contributed by atoms with Crippen LogP contribution >= 0.6 is 34.9 Å². The van der Waals surface area contributed by atoms with Crippen molar-refractivity contribution >= 4 is 69.0 Å². The Hall–Kier alpha value is -3.60. The van der Waals surface area contributed by atoms with Crippen LogP contribution in [0.2, 0.25) is 0 Å². The van der Waals surface area contributed by atoms with Crippen LogP contribution in [-0.2, 0) is 25.8 Å². The molecule has 0 unspecified atom stereocenters. The number of carboxylic acids is 1. The zero-order chi connectivity index (χ0) is 27.7. The second-order valence-corrected chi connectivity index (χ2v) is 11.6. The van der Waals surface area contributed by atoms with Crippen molar-refractivity contribution in [1.82, 2.24) is 19.6 Å². The molecule has 204 valence electrons. The number of hydrogen-bond donors (Lipinski definition) is 4. The number of nitrogens with one attached hydrogen (secondary N) is 1. The van der Waals surface area contributed by atoms with Gasteiger partial charge in [0.25, 0.3) is 11.8 Å². The first-order chi connectivity index (χ1) is 18.8. The van der Waals surface area contributed by atoms with Crippen LogP contribution < -0.4 is 15.6 Å². The second-order valence-electron chi connectivity index (χ2n) is 8.45. The lowest BCUT2D eigenvalue weighted by Crippen LogP contribution is -2.71. The van der Waals surface area contributed by atoms with E-state index in [9.17, 15) is 19.5 Å². The van der Waals surface area contributed by atoms with Gasteiger partial charge in [-0.1, -0.05) is 5.16 Å². The van der Waals surface area contributed by atoms with E-state index < -0.39 is 29.2 Å². The van der Waals surface area contributed by atoms with Crippen LogP contribution in [0, 0.1) is 0 Å². The van der Waals surface area contributed by atoms with Crippen LogP contribution in [0.25, 0.3) is 5.52 Å². The summed E-state index contributed by atoms with van der Waals surface area (Å²) in [7, 11) is 1.28. The van der Waals surface area contributed by atoms with Crippen LogP contribution in [0.3, 0.4) is 0 Å². The van der Waals surface area contributed by atoms with Crippen LogP contribution in [0.15, 0.2) is 57.6 Å². The van der Waals surface area contributed by atoms with E-state index in [-0.39, 0.29) is 35.4 Å². The van der Waals surface area contributed by atoms with Gasteiger partial charge in [0.05, 0.1) is 17.8 Å². The molecule has 0 bridgehead atoms. The topological polar surface area (TPSA) is 176 Å². The SMILES string of the molecule is CO/N=C(\C(=O)N[C@@H]1C(=O)N2C(C(=O)O)=C(C[n+]3ccn4c(SCCO)ccc4c3)CS[C@H]12)c1csc(N)n1. The molecule has 1 saturated heterocycles. The number of aliphatic hydroxyl groups excluding tert-OH is 1. The number of thiazole rings is 1. The van der Waals surface area contributed by atoms with E-state index in [1.807, 2.05) is 39.7 Å². The number of anilines is 1. The van der Waals surface area contributed by atoms with Crippen molar-refractivity contribution in [3.63, 3.8) is 0 Å². The number of carboxylic acid groups (broad SMARTS) is 1. The van der Waals surface area contributed by atoms with Crippen molar-refractivity contribution in [2.75, 3.05) is 31.0 Å². The number of nitrogens with two attached hydrogens (primary N) is 1. The van der Waals surface area contributed by atoms with E-state index in [2.05, 4.69) is 15.5 Å². The van der Waals surface area contributed by atoms with E-state index >= 15 is 0 Å². The predicted octanol–water partition coefficient (Wildman–Crippen LogP) is 0.139. The number of oxime groups is 1. The number of fused-ring (bicyclic) bond motifs is 2. The van der Waals surface area contributed by atoms with Crippen molar-refractivity contribution in [1.29, 1.82) is 0 Å². The molecule has 5 rings (SSSR count). The summed E-state index contributed by atoms with van der Waals surface area (Å²) in [6, 6.07) is 2.97. The number of nitrogen functional groups attached to an aromatic ring is 1. The Labute approximate surface area is 234 Å². The minimum Gasteiger partial charge on any atom is -0.477 e. The number of β-lactam (4-membered cyclic amide) rings is 1. The van der Waals surface area contributed by atoms with Crippen molar-refractivity contribution in [2.24, 2.45) is 5.16 Å². The van der Waals surface area contributed by atoms with E-state index in [4.69, 9.17) is 15.7 Å². The molecule has 16 heteroatoms. The molecule has 0 spiro atoms. The molecule has 3 aromatic heterocycles. The van der Waals surface area contributed by atoms with Gasteiger partial charge in [0.2, 0.25) is 0 Å². The van der Waals surface area contributed by atoms with E-state index in [1.54, 1.807) is 5.38 Å². The average molecular weight is 591 g/mol. The second kappa shape index (κ2) is 11.3. The number of aliphatic hydroxyl groups is 1. The number of thioether (sulfide) groups is 2. The van der Waals surface area contributed by atoms with Crippen molar-refractivity contribution < 1.29 is 34.0 Å². The Morgan fingerprint density at radius 1 is 1.41 bits per heavy atom. The molecule has 5 heterocycles. The number of hydrogen-bond acceptors (Lipinski definition) is 11. The lowest BCUT2D eigenvalue weighted by atomic mass is 10.0. The zero-order valence-electron chi connectivity index (χ0n) is 20.5. The average Bonchev–Trinajstić information content (AvgIpc) is 3.54. The highest BCUT2D eigenvalue weighted by Gasteiger charge is 2.54. The van der Waals surface area contributed by atoms with E-state index in [1.165, 1.54) is 35.5 Å². The number of nitrogens with zero attached hydrogens (tertiary/aromatic N) is 5. The van der Waals surface area contributed by atoms with Gasteiger partial charge in [-0.25, -0.2) is 9.78 Å². The van der Waals surface area contributed by atoms with Gasteiger partial charge in [0.1, 0.15) is 35.4 Å². The molecular weight excluding hydrogens is 566 g/mol. The minimum atomic E-state index is -1.21. The van der Waals surface area contributed by atoms with Crippen LogP contribution in [0.5, 0.6) is 0 Å². The number of amides is 2. The van der Waals surface area contributed by atoms with Crippen LogP contribution in [0.1, 0.15) is 5.69 Å². The summed E-state index contributed by atoms with van der Waals surface area (Å²) in [5.74, 6) is -1.47. The fourth-order valence-electron chi connectivity index (χ4n) is 4.37. The third-order valence-corrected chi connectivity index (χ3v) is 9.06. The first-order valence-electron chi connectivity index (χ1n) is 11.6. The molecule has 0 saturated carbocycles. The Bertz CT molecular complexity index is 1520. The first-order valence-corrected chi connectivity index (χ1v) is 14.5. The quantitative estimate of drug-likeness (QED) is 0.0835. The molecule has 1 fully saturated rings. The molecule has 3 aromatic rings. The molecule has 2 amide bonds. The molecule has 5 N–H and O–H groups in total. The third-order valence-electron chi connectivity index (χ3n) is 6.03. The van der Waals surface area contributed by atoms with Gasteiger partial charge >= 0.3 is 5.97 Å². The number of aliphatic carboxylic acids is 1. The van der Waals surface area contributed by atoms with Crippen LogP contribution in [-0.4, -0.2) is 84.6 Å². The van der Waals surface area contributed by atoms with Gasteiger partial charge in [-0.3, -0.25) is 14.5 Å². The van der Waals surface area contributed by atoms with Gasteiger partial charge < -0.3 is 30.5 Å². The Balaban J connectivity index is 1.33. The lowest BCUT2D eigenvalue weighted by molar-refractivity contribution is -0.688. The highest BCUT2D eigenvalue weighted by atomic mass is 32.2. The number of aromatic nitrogens is 3. The lowest BCUT2D eigenvalue weighted by Gasteiger charge is -2.49. The van der Waals surface area contributed by atoms with Crippen molar-refractivity contribution in [3.05, 3.63) is 53.1 Å². The summed E-state index contributed by atoms with van der Waals surface area (Å²) in [6.07, 6.45) is 5.61. The van der Waals surface area contributed by atoms with Gasteiger partial charge in [-0.15, -0.1) is 34.9 Å². The maximum absolute atomic E-state index is 13.1. The molecule has 0 aliphatic carbocycles. The molecule has 2 aliphatic rings. The van der Waals surface area contributed by atoms with E-state index in [0.29, 0.717) is 17.1 Å². The normalized spacial score (nSPS) is 19.2. The predicted molar refractivity (Wildman–Crippen MR) is 145 cm³/mol. The molecule has 39 heavy (non-hydrogen) atoms. The van der Waals surface area contributed by atoms with Gasteiger partial charge in [0, 0.05) is 22.5 Å². The Morgan fingerprint density at radius 2 is 2.23 bits per heavy atom. The van der Waals surface area contributed by atoms with E-state index in [0.717, 1.165) is 21.9 Å². The highest BCUT2D eigenvalue weighted by molar-refractivity contribution is 8.00. The minimum absolute atomic E-state index is 0.0748. The van der Waals surface area contributed by atoms with Gasteiger partial charge in [-0.2, -0.15) is 4.57 Å². The van der Waals surface area contributed by atoms with Gasteiger partial charge in [-0.05, 0) is 12.1 Å². The number of rotatable bonds is 10. The summed E-state index contributed by atoms with van der Waals surface area (Å²) in [5, 5.41) is 27.7. The summed E-state index contributed by atoms with van der Waals surface area (Å²) in [4.78, 5) is 48.3. The first kappa shape index (κ1) is 27.0. The summed E-state index contributed by atoms with van der Waals surface area (Å²) >= 11 is 4.04. The highest BCUT2D eigenvalue weighted by Crippen LogP contribution is 2.40. The summed E-state index contributed by atoms with van der Waals surface area (Å²) in [5.41, 5.74) is 7.15. The summed E-state index contributed by atoms with van der Waals surface area (Å²) < 4.78 is 3.86. The third kappa shape index (κ3) is 5.19. The standard InChI is InChI=1S/C23H23N7O6S3/c1-36-27-16(14-11-39-23(24)25-14)19(32)26-17-20(33)30-18(22(34)35)12(10-38-21(17)30)8-28-4-5-29-13(9-28)2-3-15(29)37-7-6-31/h2-5,9,11,17,21,31H,6-8,10H2,1H3,(H3-,24,25,26,32,34,35)/p+1/b27-16-/t17-,21-/m1/s1. The Morgan fingerprint density at radius 3 is 2.92 bits per heavy atom. The number of carbonyl (C=O) groups excluding carboxylic acids is 2. The van der Waals surface area contributed by atoms with Crippen molar-refractivity contribution in [3.8, 4) is 0 Å². The molecule has 2 atom stereocenters. The molecule has 0 radical (unpaired) electrons. The maximum atomic E-state index is 13.1. The van der Waals surface area contributed by atoms with Crippen LogP contribution in [0.4, 0.5) is 5.13 Å². The Kier molecular flexibility index (Phi) is 7.79. The van der Waals surface area contributed by atoms with Gasteiger partial charge in [0.15, 0.2) is 29.8 Å². The number of carbonyl (C=O) groups is 3. The smallest absolute Gasteiger partial charge is 0.352 e. The molecule has 0 aromatic carbocycles. The molecule has 13 nitrogen and oxygen atoms in total. The molecule has 2 aliphatic heterocycles. The fourth-order valence-corrected chi connectivity index (χ4v) is 7.02. The summed E-state index contributed by atoms with van der Waals surface area (Å²) in [6.45, 7) is 0.358. The zero-order valence-corrected chi connectivity index (χ0v) is 23.0. The van der Waals surface area contributed by atoms with Crippen molar-refractivity contribution in [2.45, 2.75) is 23.0 Å². The monoisotopic (exact) mass is 590 g/mol. The fraction of sp³-hybridized carbons (Fsp3) is 0.304. The maximum Gasteiger partial charge on any atom is 0.352 e. The largest absolute Gasteiger partial charge is 0.477 e. The molecular formula is C23H24N7O6S3+.